The number of carbonyl (C=O) groups is 2. The fourth-order valence-electron chi connectivity index (χ4n) is 3.73. The summed E-state index contributed by atoms with van der Waals surface area (Å²) in [4.78, 5) is 27.1. The highest BCUT2D eigenvalue weighted by Crippen LogP contribution is 2.34. The molecule has 1 unspecified atom stereocenters. The molecule has 0 saturated carbocycles. The number of nitrogens with zero attached hydrogens (tertiary/aromatic N) is 3. The fourth-order valence-corrected chi connectivity index (χ4v) is 3.86. The van der Waals surface area contributed by atoms with Crippen LogP contribution in [0.15, 0.2) is 77.9 Å². The Balaban J connectivity index is 1.60. The van der Waals surface area contributed by atoms with Crippen molar-refractivity contribution >= 4 is 29.1 Å². The smallest absolute Gasteiger partial charge is 0.262 e. The van der Waals surface area contributed by atoms with E-state index in [4.69, 9.17) is 11.6 Å². The minimum atomic E-state index is -0.540. The van der Waals surface area contributed by atoms with E-state index in [1.807, 2.05) is 0 Å². The maximum atomic E-state index is 14.4. The summed E-state index contributed by atoms with van der Waals surface area (Å²) >= 11 is 6.01. The molecule has 1 atom stereocenters. The lowest BCUT2D eigenvalue weighted by atomic mass is 9.98. The summed E-state index contributed by atoms with van der Waals surface area (Å²) in [6.07, 6.45) is 0.301. The summed E-state index contributed by atoms with van der Waals surface area (Å²) in [5, 5.41) is 6.25. The van der Waals surface area contributed by atoms with Crippen molar-refractivity contribution in [2.75, 3.05) is 13.6 Å². The van der Waals surface area contributed by atoms with Crippen LogP contribution in [-0.4, -0.2) is 41.0 Å². The average molecular weight is 468 g/mol. The number of halogens is 3. The van der Waals surface area contributed by atoms with E-state index >= 15 is 0 Å². The lowest BCUT2D eigenvalue weighted by Gasteiger charge is -2.25. The van der Waals surface area contributed by atoms with Gasteiger partial charge >= 0.3 is 0 Å². The third kappa shape index (κ3) is 4.93. The van der Waals surface area contributed by atoms with E-state index in [1.165, 1.54) is 41.2 Å². The Morgan fingerprint density at radius 2 is 1.79 bits per heavy atom. The van der Waals surface area contributed by atoms with Crippen LogP contribution in [0.25, 0.3) is 0 Å². The highest BCUT2D eigenvalue weighted by atomic mass is 35.5. The van der Waals surface area contributed by atoms with Crippen molar-refractivity contribution < 1.29 is 18.4 Å². The van der Waals surface area contributed by atoms with Gasteiger partial charge in [-0.25, -0.2) is 13.8 Å². The Kier molecular flexibility index (Phi) is 6.51. The van der Waals surface area contributed by atoms with Gasteiger partial charge in [-0.05, 0) is 42.0 Å². The van der Waals surface area contributed by atoms with Crippen LogP contribution in [0.5, 0.6) is 0 Å². The summed E-state index contributed by atoms with van der Waals surface area (Å²) in [6, 6.07) is 18.0. The Labute approximate surface area is 194 Å². The van der Waals surface area contributed by atoms with Gasteiger partial charge in [0.2, 0.25) is 0 Å². The third-order valence-electron chi connectivity index (χ3n) is 5.40. The van der Waals surface area contributed by atoms with Crippen LogP contribution in [0, 0.1) is 11.6 Å². The Morgan fingerprint density at radius 3 is 2.48 bits per heavy atom. The molecule has 3 aromatic rings. The lowest BCUT2D eigenvalue weighted by molar-refractivity contribution is -0.133. The van der Waals surface area contributed by atoms with Crippen LogP contribution in [0.2, 0.25) is 5.02 Å². The third-order valence-corrected chi connectivity index (χ3v) is 5.65. The van der Waals surface area contributed by atoms with Gasteiger partial charge in [-0.3, -0.25) is 9.59 Å². The van der Waals surface area contributed by atoms with Gasteiger partial charge < -0.3 is 4.90 Å². The summed E-state index contributed by atoms with van der Waals surface area (Å²) in [5.41, 5.74) is 1.66. The molecular weight excluding hydrogens is 448 g/mol. The van der Waals surface area contributed by atoms with Crippen molar-refractivity contribution in [3.05, 3.63) is 106 Å². The minimum Gasteiger partial charge on any atom is -0.332 e. The molecule has 0 radical (unpaired) electrons. The Bertz CT molecular complexity index is 1230. The van der Waals surface area contributed by atoms with Crippen LogP contribution >= 0.6 is 11.6 Å². The summed E-state index contributed by atoms with van der Waals surface area (Å²) in [5.74, 6) is -1.92. The molecule has 3 aromatic carbocycles. The molecule has 0 bridgehead atoms. The molecule has 1 heterocycles. The van der Waals surface area contributed by atoms with E-state index in [1.54, 1.807) is 42.5 Å². The maximum Gasteiger partial charge on any atom is 0.262 e. The second kappa shape index (κ2) is 9.50. The van der Waals surface area contributed by atoms with Crippen molar-refractivity contribution in [2.24, 2.45) is 5.10 Å². The van der Waals surface area contributed by atoms with E-state index in [0.29, 0.717) is 22.7 Å². The number of amides is 2. The monoisotopic (exact) mass is 467 g/mol. The van der Waals surface area contributed by atoms with Crippen molar-refractivity contribution in [3.8, 4) is 0 Å². The van der Waals surface area contributed by atoms with Crippen LogP contribution in [0.3, 0.4) is 0 Å². The topological polar surface area (TPSA) is 53.0 Å². The number of benzene rings is 3. The van der Waals surface area contributed by atoms with Gasteiger partial charge in [-0.15, -0.1) is 0 Å². The standard InChI is InChI=1S/C25H20ClF2N3O2/c1-30(25(33)17-5-4-6-19(27)13-17)15-24(32)31-23(16-9-11-18(26)12-10-16)14-22(29-31)20-7-2-3-8-21(20)28/h2-13,23H,14-15H2,1H3. The lowest BCUT2D eigenvalue weighted by Crippen LogP contribution is -2.39. The molecule has 5 nitrogen and oxygen atoms in total. The molecular formula is C25H20ClF2N3O2. The van der Waals surface area contributed by atoms with E-state index < -0.39 is 29.5 Å². The average Bonchev–Trinajstić information content (AvgIpc) is 3.24. The molecule has 0 spiro atoms. The zero-order valence-electron chi connectivity index (χ0n) is 17.7. The quantitative estimate of drug-likeness (QED) is 0.526. The molecule has 1 aliphatic heterocycles. The molecule has 0 saturated heterocycles. The minimum absolute atomic E-state index is 0.136. The first-order chi connectivity index (χ1) is 15.8. The molecule has 2 amide bonds. The van der Waals surface area contributed by atoms with Crippen LogP contribution < -0.4 is 0 Å². The molecule has 0 fully saturated rings. The number of hydrazone groups is 1. The first-order valence-corrected chi connectivity index (χ1v) is 10.6. The normalized spacial score (nSPS) is 15.3. The van der Waals surface area contributed by atoms with Gasteiger partial charge in [0.05, 0.1) is 11.8 Å². The van der Waals surface area contributed by atoms with E-state index in [2.05, 4.69) is 5.10 Å². The van der Waals surface area contributed by atoms with Gasteiger partial charge in [0.1, 0.15) is 18.2 Å². The van der Waals surface area contributed by atoms with E-state index in [0.717, 1.165) is 11.6 Å². The maximum absolute atomic E-state index is 14.4. The second-order valence-electron chi connectivity index (χ2n) is 7.71. The highest BCUT2D eigenvalue weighted by Gasteiger charge is 2.34. The summed E-state index contributed by atoms with van der Waals surface area (Å²) in [6.45, 7) is -0.284. The molecule has 0 aliphatic carbocycles. The number of carbonyl (C=O) groups excluding carboxylic acids is 2. The molecule has 8 heteroatoms. The van der Waals surface area contributed by atoms with Crippen molar-refractivity contribution in [1.29, 1.82) is 0 Å². The second-order valence-corrected chi connectivity index (χ2v) is 8.14. The number of rotatable bonds is 5. The van der Waals surface area contributed by atoms with Crippen molar-refractivity contribution in [1.82, 2.24) is 9.91 Å². The number of hydrogen-bond donors (Lipinski definition) is 0. The SMILES string of the molecule is CN(CC(=O)N1N=C(c2ccccc2F)CC1c1ccc(Cl)cc1)C(=O)c1cccc(F)c1. The van der Waals surface area contributed by atoms with Gasteiger partial charge in [-0.2, -0.15) is 5.10 Å². The largest absolute Gasteiger partial charge is 0.332 e. The van der Waals surface area contributed by atoms with Crippen LogP contribution in [-0.2, 0) is 4.79 Å². The predicted molar refractivity (Wildman–Crippen MR) is 122 cm³/mol. The molecule has 0 aromatic heterocycles. The summed E-state index contributed by atoms with van der Waals surface area (Å²) < 4.78 is 27.9. The highest BCUT2D eigenvalue weighted by molar-refractivity contribution is 6.30. The first-order valence-electron chi connectivity index (χ1n) is 10.2. The molecule has 168 valence electrons. The van der Waals surface area contributed by atoms with Gasteiger partial charge in [0, 0.05) is 29.6 Å². The molecule has 33 heavy (non-hydrogen) atoms. The van der Waals surface area contributed by atoms with Gasteiger partial charge in [-0.1, -0.05) is 48.0 Å². The van der Waals surface area contributed by atoms with Crippen LogP contribution in [0.4, 0.5) is 8.78 Å². The molecule has 1 aliphatic rings. The van der Waals surface area contributed by atoms with Gasteiger partial charge in [0.15, 0.2) is 0 Å². The van der Waals surface area contributed by atoms with Crippen molar-refractivity contribution in [3.63, 3.8) is 0 Å². The van der Waals surface area contributed by atoms with E-state index in [-0.39, 0.29) is 12.1 Å². The van der Waals surface area contributed by atoms with Gasteiger partial charge in [0.25, 0.3) is 11.8 Å². The predicted octanol–water partition coefficient (Wildman–Crippen LogP) is 5.07. The molecule has 4 rings (SSSR count). The van der Waals surface area contributed by atoms with E-state index in [9.17, 15) is 18.4 Å². The zero-order chi connectivity index (χ0) is 23.5. The number of hydrogen-bond acceptors (Lipinski definition) is 3. The Morgan fingerprint density at radius 1 is 1.06 bits per heavy atom. The first kappa shape index (κ1) is 22.6. The summed E-state index contributed by atoms with van der Waals surface area (Å²) in [7, 11) is 1.46. The van der Waals surface area contributed by atoms with Crippen molar-refractivity contribution in [2.45, 2.75) is 12.5 Å². The van der Waals surface area contributed by atoms with Crippen LogP contribution in [0.1, 0.15) is 33.9 Å². The molecule has 0 N–H and O–H groups in total. The fraction of sp³-hybridized carbons (Fsp3) is 0.160. The Hall–Kier alpha value is -3.58. The number of likely N-dealkylation sites (N-methyl/N-ethyl adjacent to an activating group) is 1. The zero-order valence-corrected chi connectivity index (χ0v) is 18.5.